The van der Waals surface area contributed by atoms with Crippen molar-refractivity contribution in [3.8, 4) is 0 Å². The van der Waals surface area contributed by atoms with Crippen LogP contribution in [0.15, 0.2) is 4.52 Å². The van der Waals surface area contributed by atoms with E-state index in [1.165, 1.54) is 0 Å². The minimum Gasteiger partial charge on any atom is -0.480 e. The number of hydrogen-bond acceptors (Lipinski definition) is 6. The summed E-state index contributed by atoms with van der Waals surface area (Å²) in [4.78, 5) is 15.3. The molecule has 0 bridgehead atoms. The van der Waals surface area contributed by atoms with Gasteiger partial charge in [-0.25, -0.2) is 4.79 Å². The van der Waals surface area contributed by atoms with Crippen LogP contribution < -0.4 is 5.32 Å². The van der Waals surface area contributed by atoms with E-state index in [0.29, 0.717) is 25.5 Å². The number of aromatic nitrogens is 2. The van der Waals surface area contributed by atoms with Gasteiger partial charge in [-0.3, -0.25) is 0 Å². The molecule has 2 N–H and O–H groups in total. The molecule has 1 unspecified atom stereocenters. The maximum absolute atomic E-state index is 11.0. The van der Waals surface area contributed by atoms with Crippen LogP contribution in [0.3, 0.4) is 0 Å². The zero-order chi connectivity index (χ0) is 13.7. The van der Waals surface area contributed by atoms with Gasteiger partial charge >= 0.3 is 12.0 Å². The molecule has 0 spiro atoms. The Labute approximate surface area is 111 Å². The molecule has 2 heterocycles. The van der Waals surface area contributed by atoms with Crippen molar-refractivity contribution in [1.82, 2.24) is 10.1 Å². The Hall–Kier alpha value is -1.63. The van der Waals surface area contributed by atoms with Crippen LogP contribution >= 0.6 is 0 Å². The first kappa shape index (κ1) is 13.8. The molecule has 1 fully saturated rings. The quantitative estimate of drug-likeness (QED) is 0.809. The Morgan fingerprint density at radius 3 is 2.89 bits per heavy atom. The molecule has 0 radical (unpaired) electrons. The van der Waals surface area contributed by atoms with Crippen molar-refractivity contribution in [1.29, 1.82) is 0 Å². The number of carbonyl (C=O) groups is 1. The minimum atomic E-state index is -0.910. The second kappa shape index (κ2) is 6.51. The number of hydrogen-bond donors (Lipinski definition) is 2. The number of carboxylic acid groups (broad SMARTS) is 1. The van der Waals surface area contributed by atoms with Crippen molar-refractivity contribution in [2.45, 2.75) is 44.6 Å². The van der Waals surface area contributed by atoms with Gasteiger partial charge in [-0.05, 0) is 19.3 Å². The summed E-state index contributed by atoms with van der Waals surface area (Å²) >= 11 is 0. The molecule has 0 saturated carbocycles. The zero-order valence-electron chi connectivity index (χ0n) is 11.0. The summed E-state index contributed by atoms with van der Waals surface area (Å²) in [6, 6.07) is -0.504. The van der Waals surface area contributed by atoms with Crippen LogP contribution in [-0.4, -0.2) is 40.5 Å². The van der Waals surface area contributed by atoms with Gasteiger partial charge in [0.05, 0.1) is 0 Å². The number of anilines is 1. The molecule has 1 saturated heterocycles. The highest BCUT2D eigenvalue weighted by molar-refractivity contribution is 5.76. The number of rotatable bonds is 6. The highest BCUT2D eigenvalue weighted by Gasteiger charge is 2.23. The summed E-state index contributed by atoms with van der Waals surface area (Å²) in [5.74, 6) is -0.0402. The molecule has 1 aliphatic heterocycles. The molecule has 2 rings (SSSR count). The van der Waals surface area contributed by atoms with Gasteiger partial charge in [-0.1, -0.05) is 18.5 Å². The van der Waals surface area contributed by atoms with Crippen molar-refractivity contribution >= 4 is 12.0 Å². The highest BCUT2D eigenvalue weighted by atomic mass is 16.5. The Kier molecular flexibility index (Phi) is 4.73. The molecule has 7 nitrogen and oxygen atoms in total. The molecule has 1 aliphatic rings. The topological polar surface area (TPSA) is 97.5 Å². The number of ether oxygens (including phenoxy) is 1. The van der Waals surface area contributed by atoms with Crippen LogP contribution in [-0.2, 0) is 9.53 Å². The molecule has 0 aliphatic carbocycles. The zero-order valence-corrected chi connectivity index (χ0v) is 11.0. The number of nitrogens with one attached hydrogen (secondary N) is 1. The lowest BCUT2D eigenvalue weighted by Gasteiger charge is -2.18. The van der Waals surface area contributed by atoms with E-state index in [4.69, 9.17) is 14.4 Å². The molecule has 0 aromatic carbocycles. The standard InChI is InChI=1S/C12H19N3O4/c1-2-3-9(11(16)17)13-12-14-10(15-19-12)8-4-6-18-7-5-8/h8-9H,2-7H2,1H3,(H,16,17)(H,13,14,15). The van der Waals surface area contributed by atoms with E-state index in [1.807, 2.05) is 6.92 Å². The van der Waals surface area contributed by atoms with Crippen molar-refractivity contribution < 1.29 is 19.2 Å². The molecule has 1 atom stereocenters. The van der Waals surface area contributed by atoms with E-state index in [0.717, 1.165) is 19.3 Å². The number of carboxylic acids is 1. The van der Waals surface area contributed by atoms with Crippen molar-refractivity contribution in [2.75, 3.05) is 18.5 Å². The van der Waals surface area contributed by atoms with Gasteiger partial charge in [0.2, 0.25) is 0 Å². The van der Waals surface area contributed by atoms with Crippen molar-refractivity contribution in [3.63, 3.8) is 0 Å². The van der Waals surface area contributed by atoms with Gasteiger partial charge < -0.3 is 19.7 Å². The predicted octanol–water partition coefficient (Wildman–Crippen LogP) is 1.63. The lowest BCUT2D eigenvalue weighted by atomic mass is 10.00. The van der Waals surface area contributed by atoms with Gasteiger partial charge in [-0.2, -0.15) is 4.98 Å². The average molecular weight is 269 g/mol. The summed E-state index contributed by atoms with van der Waals surface area (Å²) < 4.78 is 10.3. The second-order valence-electron chi connectivity index (χ2n) is 4.67. The Morgan fingerprint density at radius 2 is 2.26 bits per heavy atom. The van der Waals surface area contributed by atoms with Gasteiger partial charge in [0.25, 0.3) is 0 Å². The third-order valence-corrected chi connectivity index (χ3v) is 3.20. The lowest BCUT2D eigenvalue weighted by Crippen LogP contribution is -2.29. The van der Waals surface area contributed by atoms with Crippen LogP contribution in [0.2, 0.25) is 0 Å². The SMILES string of the molecule is CCCC(Nc1nc(C2CCOCC2)no1)C(=O)O. The smallest absolute Gasteiger partial charge is 0.326 e. The first-order chi connectivity index (χ1) is 9.20. The molecule has 0 amide bonds. The summed E-state index contributed by atoms with van der Waals surface area (Å²) in [7, 11) is 0. The fourth-order valence-corrected chi connectivity index (χ4v) is 2.11. The number of nitrogens with zero attached hydrogens (tertiary/aromatic N) is 2. The normalized spacial score (nSPS) is 18.2. The maximum Gasteiger partial charge on any atom is 0.326 e. The fourth-order valence-electron chi connectivity index (χ4n) is 2.11. The molecular weight excluding hydrogens is 250 g/mol. The first-order valence-electron chi connectivity index (χ1n) is 6.61. The largest absolute Gasteiger partial charge is 0.480 e. The van der Waals surface area contributed by atoms with Gasteiger partial charge in [-0.15, -0.1) is 0 Å². The Balaban J connectivity index is 1.97. The van der Waals surface area contributed by atoms with E-state index in [-0.39, 0.29) is 11.9 Å². The molecule has 1 aromatic rings. The summed E-state index contributed by atoms with van der Waals surface area (Å²) in [6.07, 6.45) is 3.03. The monoisotopic (exact) mass is 269 g/mol. The van der Waals surface area contributed by atoms with Crippen molar-refractivity contribution in [3.05, 3.63) is 5.82 Å². The van der Waals surface area contributed by atoms with Gasteiger partial charge in [0, 0.05) is 19.1 Å². The molecule has 106 valence electrons. The summed E-state index contributed by atoms with van der Waals surface area (Å²) in [6.45, 7) is 3.34. The first-order valence-corrected chi connectivity index (χ1v) is 6.61. The minimum absolute atomic E-state index is 0.183. The van der Waals surface area contributed by atoms with Crippen molar-refractivity contribution in [2.24, 2.45) is 0 Å². The number of aliphatic carboxylic acids is 1. The van der Waals surface area contributed by atoms with Crippen LogP contribution in [0.4, 0.5) is 6.01 Å². The third kappa shape index (κ3) is 3.66. The lowest BCUT2D eigenvalue weighted by molar-refractivity contribution is -0.138. The van der Waals surface area contributed by atoms with Crippen LogP contribution in [0.5, 0.6) is 0 Å². The van der Waals surface area contributed by atoms with Crippen LogP contribution in [0.1, 0.15) is 44.3 Å². The predicted molar refractivity (Wildman–Crippen MR) is 67.0 cm³/mol. The van der Waals surface area contributed by atoms with E-state index in [2.05, 4.69) is 15.5 Å². The second-order valence-corrected chi connectivity index (χ2v) is 4.67. The van der Waals surface area contributed by atoms with E-state index >= 15 is 0 Å². The van der Waals surface area contributed by atoms with Crippen LogP contribution in [0.25, 0.3) is 0 Å². The van der Waals surface area contributed by atoms with E-state index in [9.17, 15) is 4.79 Å². The third-order valence-electron chi connectivity index (χ3n) is 3.20. The maximum atomic E-state index is 11.0. The van der Waals surface area contributed by atoms with Crippen LogP contribution in [0, 0.1) is 0 Å². The fraction of sp³-hybridized carbons (Fsp3) is 0.750. The van der Waals surface area contributed by atoms with Gasteiger partial charge in [0.15, 0.2) is 5.82 Å². The highest BCUT2D eigenvalue weighted by Crippen LogP contribution is 2.25. The molecule has 19 heavy (non-hydrogen) atoms. The Bertz CT molecular complexity index is 415. The average Bonchev–Trinajstić information content (AvgIpc) is 2.88. The summed E-state index contributed by atoms with van der Waals surface area (Å²) in [5.41, 5.74) is 0. The molecular formula is C12H19N3O4. The molecule has 7 heteroatoms. The Morgan fingerprint density at radius 1 is 1.53 bits per heavy atom. The van der Waals surface area contributed by atoms with E-state index in [1.54, 1.807) is 0 Å². The summed E-state index contributed by atoms with van der Waals surface area (Å²) in [5, 5.41) is 15.7. The van der Waals surface area contributed by atoms with Gasteiger partial charge in [0.1, 0.15) is 6.04 Å². The molecule has 1 aromatic heterocycles. The van der Waals surface area contributed by atoms with E-state index < -0.39 is 12.0 Å².